The zero-order valence-electron chi connectivity index (χ0n) is 10.7. The van der Waals surface area contributed by atoms with Crippen LogP contribution in [0.2, 0.25) is 5.15 Å². The molecule has 0 saturated heterocycles. The largest absolute Gasteiger partial charge is 0.357 e. The average molecular weight is 313 g/mol. The van der Waals surface area contributed by atoms with Crippen molar-refractivity contribution in [2.75, 3.05) is 5.32 Å². The van der Waals surface area contributed by atoms with Gasteiger partial charge in [0.15, 0.2) is 0 Å². The lowest BCUT2D eigenvalue weighted by Crippen LogP contribution is -2.12. The van der Waals surface area contributed by atoms with Gasteiger partial charge in [0, 0.05) is 4.88 Å². The van der Waals surface area contributed by atoms with E-state index in [1.807, 2.05) is 17.5 Å². The maximum absolute atomic E-state index is 11.1. The summed E-state index contributed by atoms with van der Waals surface area (Å²) >= 11 is 7.38. The van der Waals surface area contributed by atoms with Crippen molar-refractivity contribution in [3.8, 4) is 0 Å². The summed E-state index contributed by atoms with van der Waals surface area (Å²) in [7, 11) is 0. The van der Waals surface area contributed by atoms with Crippen molar-refractivity contribution < 1.29 is 4.92 Å². The molecule has 0 amide bonds. The predicted molar refractivity (Wildman–Crippen MR) is 79.3 cm³/mol. The fourth-order valence-electron chi connectivity index (χ4n) is 1.85. The molecule has 8 heteroatoms. The van der Waals surface area contributed by atoms with Crippen LogP contribution in [0.25, 0.3) is 0 Å². The Morgan fingerprint density at radius 3 is 2.95 bits per heavy atom. The second-order valence-corrected chi connectivity index (χ2v) is 5.46. The molecule has 1 N–H and O–H groups in total. The van der Waals surface area contributed by atoms with Gasteiger partial charge in [0.1, 0.15) is 6.33 Å². The van der Waals surface area contributed by atoms with Crippen molar-refractivity contribution in [1.29, 1.82) is 0 Å². The first-order valence-electron chi connectivity index (χ1n) is 6.08. The zero-order chi connectivity index (χ0) is 14.5. The van der Waals surface area contributed by atoms with E-state index in [1.54, 1.807) is 11.3 Å². The standard InChI is InChI=1S/C12H13ClN4O2S/c1-2-4-8(9-5-3-6-20-9)16-12-10(17(18)19)11(13)14-7-15-12/h3,5-8H,2,4H2,1H3,(H,14,15,16). The second-order valence-electron chi connectivity index (χ2n) is 4.12. The summed E-state index contributed by atoms with van der Waals surface area (Å²) in [6, 6.07) is 3.92. The molecule has 1 unspecified atom stereocenters. The number of nitro groups is 1. The van der Waals surface area contributed by atoms with Crippen LogP contribution in [0.3, 0.4) is 0 Å². The molecule has 2 heterocycles. The van der Waals surface area contributed by atoms with Gasteiger partial charge in [-0.25, -0.2) is 9.97 Å². The van der Waals surface area contributed by atoms with E-state index in [9.17, 15) is 10.1 Å². The van der Waals surface area contributed by atoms with Crippen molar-refractivity contribution in [2.45, 2.75) is 25.8 Å². The van der Waals surface area contributed by atoms with Gasteiger partial charge in [-0.05, 0) is 17.9 Å². The van der Waals surface area contributed by atoms with Crippen molar-refractivity contribution in [2.24, 2.45) is 0 Å². The van der Waals surface area contributed by atoms with Crippen molar-refractivity contribution in [1.82, 2.24) is 9.97 Å². The molecule has 0 saturated carbocycles. The first-order chi connectivity index (χ1) is 9.63. The topological polar surface area (TPSA) is 81.0 Å². The van der Waals surface area contributed by atoms with Gasteiger partial charge >= 0.3 is 5.69 Å². The monoisotopic (exact) mass is 312 g/mol. The predicted octanol–water partition coefficient (Wildman–Crippen LogP) is 4.05. The molecule has 0 bridgehead atoms. The Balaban J connectivity index is 2.32. The van der Waals surface area contributed by atoms with E-state index < -0.39 is 4.92 Å². The SMILES string of the molecule is CCCC(Nc1ncnc(Cl)c1[N+](=O)[O-])c1cccs1. The molecule has 6 nitrogen and oxygen atoms in total. The summed E-state index contributed by atoms with van der Waals surface area (Å²) in [5.41, 5.74) is -0.285. The van der Waals surface area contributed by atoms with Crippen molar-refractivity contribution in [3.63, 3.8) is 0 Å². The third kappa shape index (κ3) is 3.23. The Hall–Kier alpha value is -1.73. The van der Waals surface area contributed by atoms with Gasteiger partial charge in [0.2, 0.25) is 11.0 Å². The summed E-state index contributed by atoms with van der Waals surface area (Å²) in [5, 5.41) is 16.0. The number of halogens is 1. The van der Waals surface area contributed by atoms with Crippen LogP contribution in [-0.4, -0.2) is 14.9 Å². The maximum atomic E-state index is 11.1. The van der Waals surface area contributed by atoms with E-state index in [1.165, 1.54) is 6.33 Å². The quantitative estimate of drug-likeness (QED) is 0.494. The molecule has 1 atom stereocenters. The van der Waals surface area contributed by atoms with Crippen LogP contribution in [0.1, 0.15) is 30.7 Å². The lowest BCUT2D eigenvalue weighted by atomic mass is 10.1. The molecule has 2 aromatic rings. The van der Waals surface area contributed by atoms with Crippen LogP contribution in [-0.2, 0) is 0 Å². The fraction of sp³-hybridized carbons (Fsp3) is 0.333. The first kappa shape index (κ1) is 14.7. The minimum atomic E-state index is -0.567. The molecule has 2 rings (SSSR count). The summed E-state index contributed by atoms with van der Waals surface area (Å²) in [5.74, 6) is 0.154. The maximum Gasteiger partial charge on any atom is 0.348 e. The smallest absolute Gasteiger partial charge is 0.348 e. The molecule has 0 fully saturated rings. The Morgan fingerprint density at radius 2 is 2.35 bits per heavy atom. The Kier molecular flexibility index (Phi) is 4.86. The van der Waals surface area contributed by atoms with E-state index in [4.69, 9.17) is 11.6 Å². The third-order valence-electron chi connectivity index (χ3n) is 2.74. The molecule has 0 spiro atoms. The summed E-state index contributed by atoms with van der Waals surface area (Å²) in [6.07, 6.45) is 3.01. The average Bonchev–Trinajstić information content (AvgIpc) is 2.91. The lowest BCUT2D eigenvalue weighted by Gasteiger charge is -2.17. The highest BCUT2D eigenvalue weighted by atomic mass is 35.5. The third-order valence-corrected chi connectivity index (χ3v) is 4.00. The van der Waals surface area contributed by atoms with E-state index in [2.05, 4.69) is 22.2 Å². The first-order valence-corrected chi connectivity index (χ1v) is 7.34. The van der Waals surface area contributed by atoms with Crippen LogP contribution in [0, 0.1) is 10.1 Å². The van der Waals surface area contributed by atoms with Crippen molar-refractivity contribution >= 4 is 34.4 Å². The van der Waals surface area contributed by atoms with Crippen LogP contribution in [0.15, 0.2) is 23.8 Å². The van der Waals surface area contributed by atoms with E-state index in [0.29, 0.717) is 0 Å². The number of anilines is 1. The normalized spacial score (nSPS) is 12.1. The summed E-state index contributed by atoms with van der Waals surface area (Å²) < 4.78 is 0. The van der Waals surface area contributed by atoms with Gasteiger partial charge in [-0.1, -0.05) is 31.0 Å². The number of aromatic nitrogens is 2. The van der Waals surface area contributed by atoms with Crippen LogP contribution in [0.4, 0.5) is 11.5 Å². The molecular formula is C12H13ClN4O2S. The van der Waals surface area contributed by atoms with Crippen LogP contribution in [0.5, 0.6) is 0 Å². The fourth-order valence-corrected chi connectivity index (χ4v) is 2.87. The van der Waals surface area contributed by atoms with E-state index in [-0.39, 0.29) is 22.7 Å². The minimum absolute atomic E-state index is 0.0235. The molecule has 0 radical (unpaired) electrons. The van der Waals surface area contributed by atoms with Crippen LogP contribution >= 0.6 is 22.9 Å². The number of thiophene rings is 1. The Bertz CT molecular complexity index is 591. The summed E-state index contributed by atoms with van der Waals surface area (Å²) in [4.78, 5) is 19.2. The van der Waals surface area contributed by atoms with E-state index in [0.717, 1.165) is 17.7 Å². The second kappa shape index (κ2) is 6.62. The van der Waals surface area contributed by atoms with Gasteiger partial charge in [0.25, 0.3) is 0 Å². The van der Waals surface area contributed by atoms with Gasteiger partial charge < -0.3 is 5.32 Å². The van der Waals surface area contributed by atoms with Crippen LogP contribution < -0.4 is 5.32 Å². The van der Waals surface area contributed by atoms with Gasteiger partial charge in [0.05, 0.1) is 11.0 Å². The summed E-state index contributed by atoms with van der Waals surface area (Å²) in [6.45, 7) is 2.06. The zero-order valence-corrected chi connectivity index (χ0v) is 12.3. The molecule has 20 heavy (non-hydrogen) atoms. The number of hydrogen-bond donors (Lipinski definition) is 1. The number of nitrogens with one attached hydrogen (secondary N) is 1. The van der Waals surface area contributed by atoms with E-state index >= 15 is 0 Å². The highest BCUT2D eigenvalue weighted by Crippen LogP contribution is 2.33. The Labute approximate surface area is 125 Å². The molecular weight excluding hydrogens is 300 g/mol. The highest BCUT2D eigenvalue weighted by Gasteiger charge is 2.24. The molecule has 106 valence electrons. The molecule has 2 aromatic heterocycles. The van der Waals surface area contributed by atoms with Gasteiger partial charge in [-0.15, -0.1) is 11.3 Å². The highest BCUT2D eigenvalue weighted by molar-refractivity contribution is 7.10. The van der Waals surface area contributed by atoms with Crippen molar-refractivity contribution in [3.05, 3.63) is 44.0 Å². The number of rotatable bonds is 6. The molecule has 0 aliphatic carbocycles. The van der Waals surface area contributed by atoms with Gasteiger partial charge in [-0.3, -0.25) is 10.1 Å². The lowest BCUT2D eigenvalue weighted by molar-refractivity contribution is -0.384. The Morgan fingerprint density at radius 1 is 1.55 bits per heavy atom. The molecule has 0 aliphatic heterocycles. The molecule has 0 aromatic carbocycles. The molecule has 0 aliphatic rings. The number of hydrogen-bond acceptors (Lipinski definition) is 6. The number of nitrogens with zero attached hydrogens (tertiary/aromatic N) is 3. The van der Waals surface area contributed by atoms with Gasteiger partial charge in [-0.2, -0.15) is 0 Å². The minimum Gasteiger partial charge on any atom is -0.357 e.